The quantitative estimate of drug-likeness (QED) is 0.548. The number of hydrogen-bond acceptors (Lipinski definition) is 6. The van der Waals surface area contributed by atoms with E-state index >= 15 is 0 Å². The van der Waals surface area contributed by atoms with Gasteiger partial charge in [0.2, 0.25) is 5.95 Å². The molecular weight excluding hydrogens is 240 g/mol. The molecule has 19 heavy (non-hydrogen) atoms. The van der Waals surface area contributed by atoms with Crippen LogP contribution in [0.3, 0.4) is 0 Å². The van der Waals surface area contributed by atoms with Crippen LogP contribution in [0.1, 0.15) is 24.8 Å². The van der Waals surface area contributed by atoms with E-state index in [4.69, 9.17) is 5.84 Å². The standard InChI is InChI=1S/C13H24N6/c1-10-9-16-13(18-14)17-12(10)15-6-3-11-4-7-19(2)8-5-11/h9,11H,3-8,14H2,1-2H3,(H2,15,16,17,18). The van der Waals surface area contributed by atoms with E-state index in [-0.39, 0.29) is 0 Å². The highest BCUT2D eigenvalue weighted by Crippen LogP contribution is 2.20. The van der Waals surface area contributed by atoms with Gasteiger partial charge in [0.05, 0.1) is 0 Å². The Morgan fingerprint density at radius 2 is 2.16 bits per heavy atom. The lowest BCUT2D eigenvalue weighted by molar-refractivity contribution is 0.215. The number of aromatic nitrogens is 2. The molecule has 0 radical (unpaired) electrons. The number of likely N-dealkylation sites (tertiary alicyclic amines) is 1. The molecule has 0 amide bonds. The molecule has 0 aliphatic carbocycles. The van der Waals surface area contributed by atoms with Crippen LogP contribution in [-0.4, -0.2) is 41.5 Å². The fourth-order valence-corrected chi connectivity index (χ4v) is 2.44. The minimum atomic E-state index is 0.451. The zero-order valence-electron chi connectivity index (χ0n) is 11.8. The molecule has 0 bridgehead atoms. The third-order valence-electron chi connectivity index (χ3n) is 3.78. The van der Waals surface area contributed by atoms with Crippen molar-refractivity contribution in [1.82, 2.24) is 14.9 Å². The Balaban J connectivity index is 1.79. The molecule has 1 aromatic heterocycles. The maximum absolute atomic E-state index is 5.32. The summed E-state index contributed by atoms with van der Waals surface area (Å²) in [6.07, 6.45) is 5.58. The van der Waals surface area contributed by atoms with E-state index in [1.165, 1.54) is 32.4 Å². The van der Waals surface area contributed by atoms with Gasteiger partial charge in [-0.3, -0.25) is 5.43 Å². The number of aryl methyl sites for hydroxylation is 1. The van der Waals surface area contributed by atoms with Crippen LogP contribution in [0, 0.1) is 12.8 Å². The maximum atomic E-state index is 5.32. The summed E-state index contributed by atoms with van der Waals surface area (Å²) in [6, 6.07) is 0. The second-order valence-electron chi connectivity index (χ2n) is 5.33. The highest BCUT2D eigenvalue weighted by Gasteiger charge is 2.16. The molecule has 2 heterocycles. The third kappa shape index (κ3) is 4.04. The summed E-state index contributed by atoms with van der Waals surface area (Å²) < 4.78 is 0. The first-order chi connectivity index (χ1) is 9.19. The molecule has 0 saturated carbocycles. The van der Waals surface area contributed by atoms with Crippen molar-refractivity contribution in [3.05, 3.63) is 11.8 Å². The zero-order valence-corrected chi connectivity index (χ0v) is 11.8. The van der Waals surface area contributed by atoms with Crippen LogP contribution in [0.5, 0.6) is 0 Å². The Kier molecular flexibility index (Phi) is 4.93. The number of piperidine rings is 1. The van der Waals surface area contributed by atoms with Crippen molar-refractivity contribution in [3.8, 4) is 0 Å². The van der Waals surface area contributed by atoms with Gasteiger partial charge in [0.15, 0.2) is 0 Å². The Hall–Kier alpha value is -1.40. The summed E-state index contributed by atoms with van der Waals surface area (Å²) in [5.41, 5.74) is 3.52. The fourth-order valence-electron chi connectivity index (χ4n) is 2.44. The van der Waals surface area contributed by atoms with Crippen LogP contribution in [0.25, 0.3) is 0 Å². The zero-order chi connectivity index (χ0) is 13.7. The lowest BCUT2D eigenvalue weighted by atomic mass is 9.94. The molecule has 0 spiro atoms. The van der Waals surface area contributed by atoms with Gasteiger partial charge in [0, 0.05) is 18.3 Å². The minimum Gasteiger partial charge on any atom is -0.370 e. The van der Waals surface area contributed by atoms with Crippen molar-refractivity contribution >= 4 is 11.8 Å². The van der Waals surface area contributed by atoms with Gasteiger partial charge in [-0.2, -0.15) is 4.98 Å². The van der Waals surface area contributed by atoms with Gasteiger partial charge in [-0.05, 0) is 52.2 Å². The summed E-state index contributed by atoms with van der Waals surface area (Å²) in [5.74, 6) is 7.47. The van der Waals surface area contributed by atoms with E-state index in [1.807, 2.05) is 6.92 Å². The number of hydrogen-bond donors (Lipinski definition) is 3. The molecule has 106 valence electrons. The van der Waals surface area contributed by atoms with Gasteiger partial charge < -0.3 is 10.2 Å². The second kappa shape index (κ2) is 6.68. The SMILES string of the molecule is Cc1cnc(NN)nc1NCCC1CCN(C)CC1. The molecule has 0 unspecified atom stereocenters. The topological polar surface area (TPSA) is 79.1 Å². The van der Waals surface area contributed by atoms with Crippen molar-refractivity contribution in [3.63, 3.8) is 0 Å². The summed E-state index contributed by atoms with van der Waals surface area (Å²) >= 11 is 0. The summed E-state index contributed by atoms with van der Waals surface area (Å²) in [6.45, 7) is 5.39. The Labute approximate surface area is 114 Å². The molecule has 1 aromatic rings. The van der Waals surface area contributed by atoms with Crippen molar-refractivity contribution in [2.75, 3.05) is 37.4 Å². The van der Waals surface area contributed by atoms with E-state index in [0.29, 0.717) is 5.95 Å². The smallest absolute Gasteiger partial charge is 0.239 e. The van der Waals surface area contributed by atoms with Crippen LogP contribution in [-0.2, 0) is 0 Å². The van der Waals surface area contributed by atoms with E-state index < -0.39 is 0 Å². The Bertz CT molecular complexity index is 400. The van der Waals surface area contributed by atoms with Crippen molar-refractivity contribution < 1.29 is 0 Å². The summed E-state index contributed by atoms with van der Waals surface area (Å²) in [5, 5.41) is 3.39. The van der Waals surface area contributed by atoms with Crippen LogP contribution in [0.4, 0.5) is 11.8 Å². The Morgan fingerprint density at radius 3 is 2.84 bits per heavy atom. The number of hydrazine groups is 1. The van der Waals surface area contributed by atoms with Crippen molar-refractivity contribution in [2.24, 2.45) is 11.8 Å². The first kappa shape index (κ1) is 14.0. The van der Waals surface area contributed by atoms with Gasteiger partial charge in [-0.1, -0.05) is 0 Å². The number of nitrogens with one attached hydrogen (secondary N) is 2. The molecule has 1 fully saturated rings. The van der Waals surface area contributed by atoms with Crippen LogP contribution >= 0.6 is 0 Å². The number of nitrogen functional groups attached to an aromatic ring is 1. The number of nitrogens with two attached hydrogens (primary N) is 1. The summed E-state index contributed by atoms with van der Waals surface area (Å²) in [4.78, 5) is 10.8. The molecule has 4 N–H and O–H groups in total. The lowest BCUT2D eigenvalue weighted by Gasteiger charge is -2.29. The Morgan fingerprint density at radius 1 is 1.42 bits per heavy atom. The van der Waals surface area contributed by atoms with Crippen LogP contribution < -0.4 is 16.6 Å². The summed E-state index contributed by atoms with van der Waals surface area (Å²) in [7, 11) is 2.19. The van der Waals surface area contributed by atoms with Crippen LogP contribution in [0.15, 0.2) is 6.20 Å². The highest BCUT2D eigenvalue weighted by molar-refractivity contribution is 5.45. The molecule has 1 aliphatic heterocycles. The van der Waals surface area contributed by atoms with Gasteiger partial charge in [0.1, 0.15) is 5.82 Å². The highest BCUT2D eigenvalue weighted by atomic mass is 15.3. The van der Waals surface area contributed by atoms with Crippen molar-refractivity contribution in [1.29, 1.82) is 0 Å². The van der Waals surface area contributed by atoms with Gasteiger partial charge in [-0.15, -0.1) is 0 Å². The molecule has 0 aromatic carbocycles. The molecule has 6 nitrogen and oxygen atoms in total. The molecule has 2 rings (SSSR count). The molecule has 0 atom stereocenters. The number of rotatable bonds is 5. The average molecular weight is 264 g/mol. The van der Waals surface area contributed by atoms with E-state index in [9.17, 15) is 0 Å². The van der Waals surface area contributed by atoms with Gasteiger partial charge in [0.25, 0.3) is 0 Å². The largest absolute Gasteiger partial charge is 0.370 e. The van der Waals surface area contributed by atoms with Crippen LogP contribution in [0.2, 0.25) is 0 Å². The van der Waals surface area contributed by atoms with E-state index in [1.54, 1.807) is 6.20 Å². The molecule has 6 heteroatoms. The van der Waals surface area contributed by atoms with Gasteiger partial charge in [-0.25, -0.2) is 10.8 Å². The van der Waals surface area contributed by atoms with E-state index in [2.05, 4.69) is 32.7 Å². The first-order valence-corrected chi connectivity index (χ1v) is 6.91. The lowest BCUT2D eigenvalue weighted by Crippen LogP contribution is -2.30. The predicted molar refractivity (Wildman–Crippen MR) is 77.9 cm³/mol. The minimum absolute atomic E-state index is 0.451. The molecule has 1 aliphatic rings. The predicted octanol–water partition coefficient (Wildman–Crippen LogP) is 1.21. The van der Waals surface area contributed by atoms with Crippen molar-refractivity contribution in [2.45, 2.75) is 26.2 Å². The fraction of sp³-hybridized carbons (Fsp3) is 0.692. The molecular formula is C13H24N6. The second-order valence-corrected chi connectivity index (χ2v) is 5.33. The monoisotopic (exact) mass is 264 g/mol. The van der Waals surface area contributed by atoms with Gasteiger partial charge >= 0.3 is 0 Å². The molecule has 1 saturated heterocycles. The third-order valence-corrected chi connectivity index (χ3v) is 3.78. The average Bonchev–Trinajstić information content (AvgIpc) is 2.43. The normalized spacial score (nSPS) is 17.4. The first-order valence-electron chi connectivity index (χ1n) is 6.91. The van der Waals surface area contributed by atoms with E-state index in [0.717, 1.165) is 23.8 Å². The number of nitrogens with zero attached hydrogens (tertiary/aromatic N) is 3. The number of anilines is 2. The maximum Gasteiger partial charge on any atom is 0.239 e.